The summed E-state index contributed by atoms with van der Waals surface area (Å²) in [5.74, 6) is 0.986. The molecule has 2 aromatic rings. The molecule has 2 aromatic heterocycles. The largest absolute Gasteiger partial charge is 0.352 e. The molecule has 3 heterocycles. The monoisotopic (exact) mass is 275 g/mol. The van der Waals surface area contributed by atoms with Crippen LogP contribution in [0.5, 0.6) is 0 Å². The van der Waals surface area contributed by atoms with E-state index in [0.717, 1.165) is 30.1 Å². The summed E-state index contributed by atoms with van der Waals surface area (Å²) < 4.78 is 1.86. The van der Waals surface area contributed by atoms with Crippen molar-refractivity contribution in [1.29, 1.82) is 0 Å². The topological polar surface area (TPSA) is 59.5 Å². The first kappa shape index (κ1) is 14.0. The first-order chi connectivity index (χ1) is 7.24. The van der Waals surface area contributed by atoms with Gasteiger partial charge in [0.25, 0.3) is 0 Å². The average molecular weight is 276 g/mol. The molecule has 0 aliphatic carbocycles. The van der Waals surface area contributed by atoms with E-state index in [1.54, 1.807) is 6.20 Å². The van der Waals surface area contributed by atoms with Gasteiger partial charge in [0.2, 0.25) is 0 Å². The number of halogens is 2. The Bertz CT molecular complexity index is 506. The van der Waals surface area contributed by atoms with Gasteiger partial charge < -0.3 is 10.6 Å². The number of fused-ring (bicyclic) bond motifs is 1. The van der Waals surface area contributed by atoms with Crippen LogP contribution in [-0.2, 0) is 0 Å². The Morgan fingerprint density at radius 2 is 2.06 bits per heavy atom. The Morgan fingerprint density at radius 1 is 1.35 bits per heavy atom. The predicted molar refractivity (Wildman–Crippen MR) is 72.4 cm³/mol. The minimum absolute atomic E-state index is 0. The van der Waals surface area contributed by atoms with Crippen molar-refractivity contribution < 1.29 is 0 Å². The van der Waals surface area contributed by atoms with Crippen molar-refractivity contribution in [2.24, 2.45) is 5.73 Å². The van der Waals surface area contributed by atoms with Crippen LogP contribution in [0.2, 0.25) is 0 Å². The minimum atomic E-state index is 0. The number of nitrogens with zero attached hydrogens (tertiary/aromatic N) is 4. The van der Waals surface area contributed by atoms with E-state index < -0.39 is 0 Å². The standard InChI is InChI=1S/C10H13N5.2ClH/c1-7-4-9-10(14-5-8(11)6-14)12-2-3-15(9)13-7;;/h2-4,8H,5-6,11H2,1H3;2*1H. The number of aryl methyl sites for hydroxylation is 1. The van der Waals surface area contributed by atoms with Crippen LogP contribution in [0.25, 0.3) is 5.52 Å². The normalized spacial score (nSPS) is 15.1. The van der Waals surface area contributed by atoms with Crippen LogP contribution in [0.4, 0.5) is 5.82 Å². The lowest BCUT2D eigenvalue weighted by Crippen LogP contribution is -2.56. The Labute approximate surface area is 112 Å². The van der Waals surface area contributed by atoms with E-state index in [2.05, 4.69) is 15.0 Å². The van der Waals surface area contributed by atoms with Crippen molar-refractivity contribution in [3.63, 3.8) is 0 Å². The quantitative estimate of drug-likeness (QED) is 0.845. The molecule has 0 spiro atoms. The van der Waals surface area contributed by atoms with E-state index in [9.17, 15) is 0 Å². The number of rotatable bonds is 1. The lowest BCUT2D eigenvalue weighted by atomic mass is 10.1. The van der Waals surface area contributed by atoms with Gasteiger partial charge in [-0.1, -0.05) is 0 Å². The maximum atomic E-state index is 5.76. The number of hydrogen-bond donors (Lipinski definition) is 1. The summed E-state index contributed by atoms with van der Waals surface area (Å²) in [5, 5.41) is 4.35. The van der Waals surface area contributed by atoms with Gasteiger partial charge in [0.05, 0.1) is 5.69 Å². The molecule has 1 saturated heterocycles. The highest BCUT2D eigenvalue weighted by Crippen LogP contribution is 2.23. The van der Waals surface area contributed by atoms with E-state index in [0.29, 0.717) is 0 Å². The lowest BCUT2D eigenvalue weighted by Gasteiger charge is -2.37. The zero-order chi connectivity index (χ0) is 10.4. The van der Waals surface area contributed by atoms with Gasteiger partial charge >= 0.3 is 0 Å². The summed E-state index contributed by atoms with van der Waals surface area (Å²) in [5.41, 5.74) is 7.83. The summed E-state index contributed by atoms with van der Waals surface area (Å²) in [7, 11) is 0. The Kier molecular flexibility index (Phi) is 4.19. The molecule has 0 radical (unpaired) electrons. The van der Waals surface area contributed by atoms with Crippen LogP contribution in [0, 0.1) is 6.92 Å². The van der Waals surface area contributed by atoms with Crippen molar-refractivity contribution in [3.8, 4) is 0 Å². The fraction of sp³-hybridized carbons (Fsp3) is 0.400. The van der Waals surface area contributed by atoms with Gasteiger partial charge in [0.15, 0.2) is 5.82 Å². The van der Waals surface area contributed by atoms with Gasteiger partial charge in [-0.2, -0.15) is 5.10 Å². The fourth-order valence-corrected chi connectivity index (χ4v) is 1.96. The summed E-state index contributed by atoms with van der Waals surface area (Å²) in [6, 6.07) is 2.34. The lowest BCUT2D eigenvalue weighted by molar-refractivity contribution is 0.515. The Balaban J connectivity index is 0.000000722. The molecule has 7 heteroatoms. The van der Waals surface area contributed by atoms with Crippen LogP contribution in [0.15, 0.2) is 18.5 Å². The molecule has 0 bridgehead atoms. The van der Waals surface area contributed by atoms with E-state index in [4.69, 9.17) is 5.73 Å². The second-order valence-corrected chi connectivity index (χ2v) is 4.03. The first-order valence-corrected chi connectivity index (χ1v) is 5.05. The molecular formula is C10H15Cl2N5. The van der Waals surface area contributed by atoms with Crippen molar-refractivity contribution in [1.82, 2.24) is 14.6 Å². The summed E-state index contributed by atoms with van der Waals surface area (Å²) in [6.07, 6.45) is 3.64. The highest BCUT2D eigenvalue weighted by Gasteiger charge is 2.25. The zero-order valence-corrected chi connectivity index (χ0v) is 11.0. The average Bonchev–Trinajstić information content (AvgIpc) is 2.53. The molecule has 1 aliphatic rings. The molecule has 1 aliphatic heterocycles. The minimum Gasteiger partial charge on any atom is -0.352 e. The fourth-order valence-electron chi connectivity index (χ4n) is 1.96. The third-order valence-corrected chi connectivity index (χ3v) is 2.70. The van der Waals surface area contributed by atoms with E-state index in [1.807, 2.05) is 23.7 Å². The van der Waals surface area contributed by atoms with Crippen LogP contribution in [-0.4, -0.2) is 33.7 Å². The number of anilines is 1. The van der Waals surface area contributed by atoms with Gasteiger partial charge in [0.1, 0.15) is 5.52 Å². The van der Waals surface area contributed by atoms with E-state index in [-0.39, 0.29) is 30.9 Å². The molecule has 1 fully saturated rings. The first-order valence-electron chi connectivity index (χ1n) is 5.05. The molecule has 17 heavy (non-hydrogen) atoms. The zero-order valence-electron chi connectivity index (χ0n) is 9.41. The third-order valence-electron chi connectivity index (χ3n) is 2.70. The predicted octanol–water partition coefficient (Wildman–Crippen LogP) is 1.03. The maximum absolute atomic E-state index is 5.76. The van der Waals surface area contributed by atoms with Gasteiger partial charge in [0, 0.05) is 31.5 Å². The Morgan fingerprint density at radius 3 is 2.71 bits per heavy atom. The molecule has 0 saturated carbocycles. The summed E-state index contributed by atoms with van der Waals surface area (Å²) in [4.78, 5) is 6.57. The summed E-state index contributed by atoms with van der Waals surface area (Å²) >= 11 is 0. The van der Waals surface area contributed by atoms with Crippen LogP contribution >= 0.6 is 24.8 Å². The van der Waals surface area contributed by atoms with E-state index >= 15 is 0 Å². The second kappa shape index (κ2) is 5.08. The van der Waals surface area contributed by atoms with Crippen LogP contribution in [0.1, 0.15) is 5.69 Å². The number of nitrogens with two attached hydrogens (primary N) is 1. The molecule has 2 N–H and O–H groups in total. The number of aromatic nitrogens is 3. The molecule has 0 aromatic carbocycles. The number of hydrogen-bond acceptors (Lipinski definition) is 4. The van der Waals surface area contributed by atoms with Gasteiger partial charge in [-0.15, -0.1) is 24.8 Å². The van der Waals surface area contributed by atoms with Crippen molar-refractivity contribution in [2.45, 2.75) is 13.0 Å². The highest BCUT2D eigenvalue weighted by molar-refractivity contribution is 5.85. The third kappa shape index (κ3) is 2.31. The summed E-state index contributed by atoms with van der Waals surface area (Å²) in [6.45, 7) is 3.76. The molecule has 94 valence electrons. The SMILES string of the molecule is Cc1cc2c(N3CC(N)C3)nccn2n1.Cl.Cl. The molecule has 5 nitrogen and oxygen atoms in total. The van der Waals surface area contributed by atoms with Gasteiger partial charge in [-0.3, -0.25) is 0 Å². The second-order valence-electron chi connectivity index (χ2n) is 4.03. The molecule has 0 atom stereocenters. The van der Waals surface area contributed by atoms with Gasteiger partial charge in [-0.05, 0) is 13.0 Å². The van der Waals surface area contributed by atoms with Crippen LogP contribution in [0.3, 0.4) is 0 Å². The highest BCUT2D eigenvalue weighted by atomic mass is 35.5. The van der Waals surface area contributed by atoms with Gasteiger partial charge in [-0.25, -0.2) is 9.50 Å². The van der Waals surface area contributed by atoms with Crippen LogP contribution < -0.4 is 10.6 Å². The van der Waals surface area contributed by atoms with Crippen molar-refractivity contribution in [2.75, 3.05) is 18.0 Å². The maximum Gasteiger partial charge on any atom is 0.154 e. The molecule has 3 rings (SSSR count). The van der Waals surface area contributed by atoms with Crippen molar-refractivity contribution in [3.05, 3.63) is 24.2 Å². The Hall–Kier alpha value is -1.04. The molecular weight excluding hydrogens is 261 g/mol. The van der Waals surface area contributed by atoms with Crippen molar-refractivity contribution >= 4 is 36.1 Å². The molecule has 0 amide bonds. The smallest absolute Gasteiger partial charge is 0.154 e. The molecule has 0 unspecified atom stereocenters. The van der Waals surface area contributed by atoms with E-state index in [1.165, 1.54) is 0 Å².